The number of rotatable bonds is 6. The van der Waals surface area contributed by atoms with E-state index in [1.165, 1.54) is 41.4 Å². The van der Waals surface area contributed by atoms with Gasteiger partial charge in [-0.1, -0.05) is 0 Å². The van der Waals surface area contributed by atoms with Crippen LogP contribution in [0.1, 0.15) is 15.4 Å². The van der Waals surface area contributed by atoms with E-state index in [4.69, 9.17) is 4.42 Å². The molecule has 8 heteroatoms. The Bertz CT molecular complexity index is 524. The molecule has 0 aromatic carbocycles. The number of ketones is 1. The first-order valence-corrected chi connectivity index (χ1v) is 8.04. The van der Waals surface area contributed by atoms with Gasteiger partial charge in [-0.25, -0.2) is 9.97 Å². The molecule has 2 aromatic rings. The molecule has 0 saturated carbocycles. The van der Waals surface area contributed by atoms with Crippen molar-refractivity contribution in [3.63, 3.8) is 0 Å². The molecule has 18 heavy (non-hydrogen) atoms. The van der Waals surface area contributed by atoms with Crippen molar-refractivity contribution in [2.75, 3.05) is 16.7 Å². The number of anilines is 1. The van der Waals surface area contributed by atoms with E-state index in [1.54, 1.807) is 6.20 Å². The van der Waals surface area contributed by atoms with Crippen molar-refractivity contribution in [3.8, 4) is 0 Å². The third-order valence-corrected chi connectivity index (χ3v) is 4.59. The summed E-state index contributed by atoms with van der Waals surface area (Å²) in [5.41, 5.74) is 0.779. The van der Waals surface area contributed by atoms with Crippen molar-refractivity contribution in [3.05, 3.63) is 23.2 Å². The monoisotopic (exact) mass is 301 g/mol. The number of carbonyl (C=O) groups excluding carboxylic acids is 1. The zero-order chi connectivity index (χ0) is 13.0. The summed E-state index contributed by atoms with van der Waals surface area (Å²) in [7, 11) is 0. The number of Topliss-reactive ketones (excluding diaryl/α,β-unsaturated/α-hetero) is 1. The van der Waals surface area contributed by atoms with E-state index in [9.17, 15) is 4.79 Å². The average Bonchev–Trinajstić information content (AvgIpc) is 2.96. The number of nitrogens with zero attached hydrogens (tertiary/aromatic N) is 2. The lowest BCUT2D eigenvalue weighted by molar-refractivity contribution is 0.102. The Balaban J connectivity index is 2.02. The van der Waals surface area contributed by atoms with Crippen molar-refractivity contribution >= 4 is 46.7 Å². The van der Waals surface area contributed by atoms with Gasteiger partial charge < -0.3 is 4.42 Å². The predicted octanol–water partition coefficient (Wildman–Crippen LogP) is 3.10. The van der Waals surface area contributed by atoms with Crippen LogP contribution < -0.4 is 4.72 Å². The highest BCUT2D eigenvalue weighted by molar-refractivity contribution is 8.02. The fourth-order valence-electron chi connectivity index (χ4n) is 1.23. The molecule has 1 N–H and O–H groups in total. The second-order valence-electron chi connectivity index (χ2n) is 3.32. The van der Waals surface area contributed by atoms with E-state index >= 15 is 0 Å². The number of hydrogen-bond acceptors (Lipinski definition) is 8. The number of oxazole rings is 1. The molecule has 2 heterocycles. The Hall–Kier alpha value is -0.990. The van der Waals surface area contributed by atoms with Crippen molar-refractivity contribution in [2.45, 2.75) is 11.3 Å². The Morgan fingerprint density at radius 2 is 2.44 bits per heavy atom. The molecule has 0 bridgehead atoms. The van der Waals surface area contributed by atoms with Gasteiger partial charge in [0.05, 0.1) is 22.5 Å². The van der Waals surface area contributed by atoms with E-state index < -0.39 is 0 Å². The number of nitrogens with one attached hydrogen (secondary N) is 1. The van der Waals surface area contributed by atoms with Crippen LogP contribution in [0.3, 0.4) is 0 Å². The Kier molecular flexibility index (Phi) is 4.67. The lowest BCUT2D eigenvalue weighted by Gasteiger charge is -1.95. The van der Waals surface area contributed by atoms with Crippen molar-refractivity contribution in [1.29, 1.82) is 0 Å². The minimum Gasteiger partial charge on any atom is -0.427 e. The number of aryl methyl sites for hydroxylation is 1. The quantitative estimate of drug-likeness (QED) is 0.649. The van der Waals surface area contributed by atoms with Gasteiger partial charge >= 0.3 is 0 Å². The highest BCUT2D eigenvalue weighted by atomic mass is 32.2. The number of thioether (sulfide) groups is 1. The standard InChI is InChI=1S/C10H11N3O2S3/c1-6-9(7(14)4-16-2)17-10(12-6)18-13-8-3-11-5-15-8/h3,5,13H,4H2,1-2H3. The van der Waals surface area contributed by atoms with Gasteiger partial charge in [-0.3, -0.25) is 9.52 Å². The van der Waals surface area contributed by atoms with Crippen LogP contribution in [0.15, 0.2) is 21.3 Å². The normalized spacial score (nSPS) is 10.6. The molecule has 0 aliphatic carbocycles. The van der Waals surface area contributed by atoms with Crippen molar-refractivity contribution in [2.24, 2.45) is 0 Å². The second kappa shape index (κ2) is 6.26. The largest absolute Gasteiger partial charge is 0.427 e. The highest BCUT2D eigenvalue weighted by Gasteiger charge is 2.15. The number of hydrogen-bond donors (Lipinski definition) is 1. The molecular formula is C10H11N3O2S3. The van der Waals surface area contributed by atoms with Gasteiger partial charge in [0.15, 0.2) is 16.5 Å². The molecule has 96 valence electrons. The number of aromatic nitrogens is 2. The zero-order valence-corrected chi connectivity index (χ0v) is 12.2. The van der Waals surface area contributed by atoms with Gasteiger partial charge in [-0.15, -0.1) is 11.3 Å². The first kappa shape index (κ1) is 13.4. The summed E-state index contributed by atoms with van der Waals surface area (Å²) >= 11 is 4.22. The molecule has 0 atom stereocenters. The second-order valence-corrected chi connectivity index (χ2v) is 6.24. The van der Waals surface area contributed by atoms with Gasteiger partial charge in [-0.05, 0) is 13.2 Å². The zero-order valence-electron chi connectivity index (χ0n) is 9.80. The smallest absolute Gasteiger partial charge is 0.223 e. The Morgan fingerprint density at radius 1 is 1.61 bits per heavy atom. The van der Waals surface area contributed by atoms with Crippen LogP contribution >= 0.6 is 35.0 Å². The summed E-state index contributed by atoms with van der Waals surface area (Å²) in [5.74, 6) is 1.18. The van der Waals surface area contributed by atoms with Gasteiger partial charge in [0.25, 0.3) is 0 Å². The molecule has 0 radical (unpaired) electrons. The van der Waals surface area contributed by atoms with Gasteiger partial charge in [0.2, 0.25) is 5.88 Å². The summed E-state index contributed by atoms with van der Waals surface area (Å²) in [6.45, 7) is 1.85. The van der Waals surface area contributed by atoms with Crippen LogP contribution in [0.2, 0.25) is 0 Å². The lowest BCUT2D eigenvalue weighted by Crippen LogP contribution is -2.00. The van der Waals surface area contributed by atoms with Crippen LogP contribution in [0.25, 0.3) is 0 Å². The summed E-state index contributed by atoms with van der Waals surface area (Å²) in [5, 5.41) is 0. The van der Waals surface area contributed by atoms with Crippen LogP contribution in [-0.2, 0) is 0 Å². The van der Waals surface area contributed by atoms with E-state index in [-0.39, 0.29) is 5.78 Å². The molecule has 2 aromatic heterocycles. The predicted molar refractivity (Wildman–Crippen MR) is 75.5 cm³/mol. The van der Waals surface area contributed by atoms with Gasteiger partial charge in [0, 0.05) is 11.9 Å². The summed E-state index contributed by atoms with van der Waals surface area (Å²) in [4.78, 5) is 20.7. The van der Waals surface area contributed by atoms with Crippen molar-refractivity contribution < 1.29 is 9.21 Å². The SMILES string of the molecule is CSCC(=O)c1sc(SNc2cnco2)nc1C. The maximum Gasteiger partial charge on any atom is 0.223 e. The third kappa shape index (κ3) is 3.27. The maximum atomic E-state index is 11.8. The summed E-state index contributed by atoms with van der Waals surface area (Å²) < 4.78 is 8.80. The summed E-state index contributed by atoms with van der Waals surface area (Å²) in [6, 6.07) is 0. The van der Waals surface area contributed by atoms with E-state index in [2.05, 4.69) is 14.7 Å². The molecule has 0 spiro atoms. The lowest BCUT2D eigenvalue weighted by atomic mass is 10.3. The first-order valence-electron chi connectivity index (χ1n) is 5.01. The summed E-state index contributed by atoms with van der Waals surface area (Å²) in [6.07, 6.45) is 4.84. The Labute approximate surface area is 117 Å². The molecule has 2 rings (SSSR count). The average molecular weight is 301 g/mol. The minimum absolute atomic E-state index is 0.129. The molecule has 0 aliphatic rings. The van der Waals surface area contributed by atoms with Crippen LogP contribution in [0.5, 0.6) is 0 Å². The fraction of sp³-hybridized carbons (Fsp3) is 0.300. The van der Waals surface area contributed by atoms with Crippen molar-refractivity contribution in [1.82, 2.24) is 9.97 Å². The van der Waals surface area contributed by atoms with Gasteiger partial charge in [-0.2, -0.15) is 11.8 Å². The number of thiazole rings is 1. The fourth-order valence-corrected chi connectivity index (χ4v) is 3.48. The molecule has 0 aliphatic heterocycles. The molecule has 0 saturated heterocycles. The van der Waals surface area contributed by atoms with Crippen LogP contribution in [0, 0.1) is 6.92 Å². The van der Waals surface area contributed by atoms with E-state index in [0.29, 0.717) is 11.6 Å². The third-order valence-electron chi connectivity index (χ3n) is 1.98. The van der Waals surface area contributed by atoms with Crippen LogP contribution in [-0.4, -0.2) is 27.8 Å². The van der Waals surface area contributed by atoms with E-state index in [0.717, 1.165) is 14.9 Å². The maximum absolute atomic E-state index is 11.8. The highest BCUT2D eigenvalue weighted by Crippen LogP contribution is 2.28. The molecule has 0 unspecified atom stereocenters. The topological polar surface area (TPSA) is 68.0 Å². The van der Waals surface area contributed by atoms with Crippen LogP contribution in [0.4, 0.5) is 5.88 Å². The molecular weight excluding hydrogens is 290 g/mol. The number of carbonyl (C=O) groups is 1. The minimum atomic E-state index is 0.129. The first-order chi connectivity index (χ1) is 8.70. The molecule has 5 nitrogen and oxygen atoms in total. The Morgan fingerprint density at radius 3 is 3.11 bits per heavy atom. The van der Waals surface area contributed by atoms with E-state index in [1.807, 2.05) is 13.2 Å². The molecule has 0 fully saturated rings. The van der Waals surface area contributed by atoms with Gasteiger partial charge in [0.1, 0.15) is 0 Å². The molecule has 0 amide bonds.